The first-order chi connectivity index (χ1) is 11.9. The van der Waals surface area contributed by atoms with E-state index in [4.69, 9.17) is 4.74 Å². The van der Waals surface area contributed by atoms with Gasteiger partial charge in [0.2, 0.25) is 5.95 Å². The number of ether oxygens (including phenoxy) is 1. The zero-order chi connectivity index (χ0) is 18.0. The minimum Gasteiger partial charge on any atom is -0.378 e. The summed E-state index contributed by atoms with van der Waals surface area (Å²) in [7, 11) is 1.79. The lowest BCUT2D eigenvalue weighted by atomic mass is 10.1. The Morgan fingerprint density at radius 3 is 2.56 bits per heavy atom. The Kier molecular flexibility index (Phi) is 4.98. The van der Waals surface area contributed by atoms with Gasteiger partial charge in [-0.2, -0.15) is 5.10 Å². The van der Waals surface area contributed by atoms with Gasteiger partial charge >= 0.3 is 0 Å². The zero-order valence-electron chi connectivity index (χ0n) is 15.1. The molecule has 1 amide bonds. The SMILES string of the molecule is Cc1cc(NC(=O)c2cc(C(C)C)nc(N3CCOCC3)n2)n(C)n1. The minimum absolute atomic E-state index is 0.202. The van der Waals surface area contributed by atoms with Crippen molar-refractivity contribution in [2.24, 2.45) is 7.05 Å². The van der Waals surface area contributed by atoms with Crippen LogP contribution < -0.4 is 10.2 Å². The van der Waals surface area contributed by atoms with Gasteiger partial charge in [0.1, 0.15) is 11.5 Å². The van der Waals surface area contributed by atoms with Gasteiger partial charge in [-0.05, 0) is 18.9 Å². The summed E-state index contributed by atoms with van der Waals surface area (Å²) < 4.78 is 7.02. The van der Waals surface area contributed by atoms with E-state index in [0.29, 0.717) is 30.7 Å². The lowest BCUT2D eigenvalue weighted by Crippen LogP contribution is -2.38. The molecule has 0 aromatic carbocycles. The number of nitrogens with one attached hydrogen (secondary N) is 1. The molecule has 0 aliphatic carbocycles. The third kappa shape index (κ3) is 3.96. The van der Waals surface area contributed by atoms with E-state index in [2.05, 4.69) is 39.1 Å². The number of carbonyl (C=O) groups is 1. The van der Waals surface area contributed by atoms with Crippen LogP contribution in [0.25, 0.3) is 0 Å². The molecule has 25 heavy (non-hydrogen) atoms. The fourth-order valence-corrected chi connectivity index (χ4v) is 2.68. The highest BCUT2D eigenvalue weighted by Gasteiger charge is 2.20. The first-order valence-corrected chi connectivity index (χ1v) is 8.47. The molecule has 0 radical (unpaired) electrons. The maximum absolute atomic E-state index is 12.7. The van der Waals surface area contributed by atoms with Gasteiger partial charge in [0, 0.05) is 31.9 Å². The second-order valence-corrected chi connectivity index (χ2v) is 6.48. The number of amides is 1. The van der Waals surface area contributed by atoms with Gasteiger partial charge in [-0.3, -0.25) is 9.48 Å². The maximum atomic E-state index is 12.7. The molecule has 3 heterocycles. The van der Waals surface area contributed by atoms with Crippen LogP contribution in [0.2, 0.25) is 0 Å². The van der Waals surface area contributed by atoms with Crippen molar-refractivity contribution in [1.29, 1.82) is 0 Å². The Balaban J connectivity index is 1.89. The van der Waals surface area contributed by atoms with E-state index in [-0.39, 0.29) is 11.8 Å². The highest BCUT2D eigenvalue weighted by molar-refractivity contribution is 6.02. The van der Waals surface area contributed by atoms with Crippen molar-refractivity contribution in [3.63, 3.8) is 0 Å². The lowest BCUT2D eigenvalue weighted by Gasteiger charge is -2.27. The predicted molar refractivity (Wildman–Crippen MR) is 95.1 cm³/mol. The standard InChI is InChI=1S/C17H24N6O2/c1-11(2)13-10-14(16(24)20-15-9-12(3)21-22(15)4)19-17(18-13)23-5-7-25-8-6-23/h9-11H,5-8H2,1-4H3,(H,20,24). The first kappa shape index (κ1) is 17.3. The summed E-state index contributed by atoms with van der Waals surface area (Å²) in [5.41, 5.74) is 2.05. The van der Waals surface area contributed by atoms with Crippen LogP contribution in [0.4, 0.5) is 11.8 Å². The van der Waals surface area contributed by atoms with Gasteiger partial charge in [0.05, 0.1) is 18.9 Å². The van der Waals surface area contributed by atoms with Crippen LogP contribution in [0, 0.1) is 6.92 Å². The summed E-state index contributed by atoms with van der Waals surface area (Å²) in [5.74, 6) is 1.16. The second kappa shape index (κ2) is 7.18. The van der Waals surface area contributed by atoms with Crippen molar-refractivity contribution in [2.75, 3.05) is 36.5 Å². The first-order valence-electron chi connectivity index (χ1n) is 8.47. The molecule has 0 saturated carbocycles. The van der Waals surface area contributed by atoms with Crippen molar-refractivity contribution in [1.82, 2.24) is 19.7 Å². The number of carbonyl (C=O) groups excluding carboxylic acids is 1. The molecule has 1 fully saturated rings. The van der Waals surface area contributed by atoms with Crippen LogP contribution in [0.5, 0.6) is 0 Å². The molecule has 3 rings (SSSR count). The van der Waals surface area contributed by atoms with Crippen LogP contribution in [0.15, 0.2) is 12.1 Å². The number of morpholine rings is 1. The number of rotatable bonds is 4. The highest BCUT2D eigenvalue weighted by Crippen LogP contribution is 2.19. The summed E-state index contributed by atoms with van der Waals surface area (Å²) in [5, 5.41) is 7.11. The number of aryl methyl sites for hydroxylation is 2. The smallest absolute Gasteiger partial charge is 0.275 e. The van der Waals surface area contributed by atoms with E-state index < -0.39 is 0 Å². The predicted octanol–water partition coefficient (Wildman–Crippen LogP) is 1.73. The van der Waals surface area contributed by atoms with Crippen LogP contribution in [-0.2, 0) is 11.8 Å². The second-order valence-electron chi connectivity index (χ2n) is 6.48. The van der Waals surface area contributed by atoms with Gasteiger partial charge in [-0.25, -0.2) is 9.97 Å². The van der Waals surface area contributed by atoms with Gasteiger partial charge in [-0.15, -0.1) is 0 Å². The fourth-order valence-electron chi connectivity index (χ4n) is 2.68. The number of hydrogen-bond acceptors (Lipinski definition) is 6. The number of aromatic nitrogens is 4. The molecule has 0 unspecified atom stereocenters. The van der Waals surface area contributed by atoms with Crippen LogP contribution in [-0.4, -0.2) is 52.0 Å². The topological polar surface area (TPSA) is 85.2 Å². The Morgan fingerprint density at radius 1 is 1.24 bits per heavy atom. The third-order valence-corrected chi connectivity index (χ3v) is 4.10. The summed E-state index contributed by atoms with van der Waals surface area (Å²) in [6.07, 6.45) is 0. The van der Waals surface area contributed by atoms with E-state index in [0.717, 1.165) is 24.5 Å². The van der Waals surface area contributed by atoms with E-state index in [1.807, 2.05) is 13.0 Å². The van der Waals surface area contributed by atoms with E-state index >= 15 is 0 Å². The Morgan fingerprint density at radius 2 is 1.96 bits per heavy atom. The highest BCUT2D eigenvalue weighted by atomic mass is 16.5. The molecule has 1 aliphatic heterocycles. The monoisotopic (exact) mass is 344 g/mol. The number of nitrogens with zero attached hydrogens (tertiary/aromatic N) is 5. The Hall–Kier alpha value is -2.48. The molecule has 2 aromatic heterocycles. The molecule has 1 saturated heterocycles. The zero-order valence-corrected chi connectivity index (χ0v) is 15.1. The third-order valence-electron chi connectivity index (χ3n) is 4.10. The van der Waals surface area contributed by atoms with E-state index in [9.17, 15) is 4.79 Å². The molecule has 8 heteroatoms. The molecule has 1 aliphatic rings. The van der Waals surface area contributed by atoms with Crippen LogP contribution >= 0.6 is 0 Å². The maximum Gasteiger partial charge on any atom is 0.275 e. The summed E-state index contributed by atoms with van der Waals surface area (Å²) in [6, 6.07) is 3.58. The number of anilines is 2. The lowest BCUT2D eigenvalue weighted by molar-refractivity contribution is 0.102. The number of hydrogen-bond donors (Lipinski definition) is 1. The molecule has 1 N–H and O–H groups in total. The van der Waals surface area contributed by atoms with Crippen molar-refractivity contribution in [2.45, 2.75) is 26.7 Å². The average Bonchev–Trinajstić information content (AvgIpc) is 2.92. The van der Waals surface area contributed by atoms with Crippen LogP contribution in [0.1, 0.15) is 41.6 Å². The molecular weight excluding hydrogens is 320 g/mol. The summed E-state index contributed by atoms with van der Waals surface area (Å²) >= 11 is 0. The van der Waals surface area contributed by atoms with Gasteiger partial charge in [0.15, 0.2) is 0 Å². The van der Waals surface area contributed by atoms with Crippen LogP contribution in [0.3, 0.4) is 0 Å². The Labute approximate surface area is 147 Å². The molecule has 0 spiro atoms. The molecule has 2 aromatic rings. The minimum atomic E-state index is -0.262. The van der Waals surface area contributed by atoms with Gasteiger partial charge in [-0.1, -0.05) is 13.8 Å². The van der Waals surface area contributed by atoms with E-state index in [1.165, 1.54) is 0 Å². The van der Waals surface area contributed by atoms with Crippen molar-refractivity contribution >= 4 is 17.7 Å². The normalized spacial score (nSPS) is 14.8. The molecule has 8 nitrogen and oxygen atoms in total. The van der Waals surface area contributed by atoms with E-state index in [1.54, 1.807) is 17.8 Å². The molecule has 134 valence electrons. The summed E-state index contributed by atoms with van der Waals surface area (Å²) in [4.78, 5) is 23.9. The fraction of sp³-hybridized carbons (Fsp3) is 0.529. The molecule has 0 bridgehead atoms. The summed E-state index contributed by atoms with van der Waals surface area (Å²) in [6.45, 7) is 8.73. The quantitative estimate of drug-likeness (QED) is 0.909. The molecule has 0 atom stereocenters. The van der Waals surface area contributed by atoms with Crippen molar-refractivity contribution < 1.29 is 9.53 Å². The Bertz CT molecular complexity index is 764. The van der Waals surface area contributed by atoms with Crippen molar-refractivity contribution in [3.05, 3.63) is 29.2 Å². The molecular formula is C17H24N6O2. The largest absolute Gasteiger partial charge is 0.378 e. The van der Waals surface area contributed by atoms with Gasteiger partial charge in [0.25, 0.3) is 5.91 Å². The van der Waals surface area contributed by atoms with Crippen molar-refractivity contribution in [3.8, 4) is 0 Å². The average molecular weight is 344 g/mol. The van der Waals surface area contributed by atoms with Gasteiger partial charge < -0.3 is 15.0 Å².